The summed E-state index contributed by atoms with van der Waals surface area (Å²) in [5, 5.41) is 2.12. The average molecular weight is 527 g/mol. The number of pyridine rings is 2. The molecule has 0 amide bonds. The number of aromatic nitrogens is 3. The first-order valence-electron chi connectivity index (χ1n) is 13.0. The van der Waals surface area contributed by atoms with Gasteiger partial charge in [0.25, 0.3) is 0 Å². The van der Waals surface area contributed by atoms with Gasteiger partial charge in [0.05, 0.1) is 23.3 Å². The second kappa shape index (κ2) is 9.62. The van der Waals surface area contributed by atoms with Gasteiger partial charge < -0.3 is 4.74 Å². The molecule has 0 spiro atoms. The molecule has 0 aliphatic rings. The van der Waals surface area contributed by atoms with Crippen molar-refractivity contribution < 1.29 is 9.13 Å². The summed E-state index contributed by atoms with van der Waals surface area (Å²) in [5.41, 5.74) is 5.20. The van der Waals surface area contributed by atoms with Crippen molar-refractivity contribution in [2.45, 2.75) is 33.1 Å². The van der Waals surface area contributed by atoms with E-state index in [0.29, 0.717) is 17.0 Å². The fourth-order valence-electron chi connectivity index (χ4n) is 4.98. The summed E-state index contributed by atoms with van der Waals surface area (Å²) in [5.74, 6) is 0.519. The Labute approximate surface area is 232 Å². The molecule has 0 fully saturated rings. The van der Waals surface area contributed by atoms with E-state index < -0.39 is 5.82 Å². The SMILES string of the molecule is [C-]#[N+]c1cc(-c2cc(C)ccn2)cc(Oc2ccc3c4ccccc4n(-c4cc(C(C)(C)C)ccn4)c3c2)c1F. The molecule has 196 valence electrons. The molecule has 0 saturated heterocycles. The number of fused-ring (bicyclic) bond motifs is 3. The molecule has 3 aromatic carbocycles. The van der Waals surface area contributed by atoms with Gasteiger partial charge in [0.1, 0.15) is 11.6 Å². The van der Waals surface area contributed by atoms with E-state index in [1.54, 1.807) is 12.3 Å². The van der Waals surface area contributed by atoms with Crippen LogP contribution in [0.5, 0.6) is 11.5 Å². The molecule has 3 aromatic heterocycles. The topological polar surface area (TPSA) is 44.3 Å². The van der Waals surface area contributed by atoms with Crippen molar-refractivity contribution in [3.05, 3.63) is 120 Å². The van der Waals surface area contributed by atoms with Crippen LogP contribution in [0.1, 0.15) is 31.9 Å². The van der Waals surface area contributed by atoms with E-state index in [1.807, 2.05) is 61.7 Å². The minimum Gasteiger partial charge on any atom is -0.456 e. The molecule has 0 aliphatic heterocycles. The van der Waals surface area contributed by atoms with Crippen LogP contribution in [-0.4, -0.2) is 14.5 Å². The van der Waals surface area contributed by atoms with Gasteiger partial charge in [0.2, 0.25) is 5.69 Å². The summed E-state index contributed by atoms with van der Waals surface area (Å²) in [4.78, 5) is 12.5. The summed E-state index contributed by atoms with van der Waals surface area (Å²) in [6, 6.07) is 24.9. The Morgan fingerprint density at radius 1 is 0.850 bits per heavy atom. The Balaban J connectivity index is 1.51. The number of hydrogen-bond acceptors (Lipinski definition) is 3. The van der Waals surface area contributed by atoms with Gasteiger partial charge in [-0.2, -0.15) is 0 Å². The lowest BCUT2D eigenvalue weighted by atomic mass is 9.88. The molecule has 0 aliphatic carbocycles. The van der Waals surface area contributed by atoms with E-state index in [9.17, 15) is 0 Å². The maximum atomic E-state index is 15.3. The Bertz CT molecular complexity index is 1960. The van der Waals surface area contributed by atoms with E-state index in [0.717, 1.165) is 33.2 Å². The second-order valence-electron chi connectivity index (χ2n) is 10.9. The van der Waals surface area contributed by atoms with Gasteiger partial charge in [0.15, 0.2) is 11.6 Å². The lowest BCUT2D eigenvalue weighted by molar-refractivity contribution is 0.445. The largest absolute Gasteiger partial charge is 0.456 e. The minimum absolute atomic E-state index is 0.0262. The van der Waals surface area contributed by atoms with Gasteiger partial charge in [-0.05, 0) is 83.6 Å². The van der Waals surface area contributed by atoms with Crippen LogP contribution in [-0.2, 0) is 5.41 Å². The van der Waals surface area contributed by atoms with E-state index in [1.165, 1.54) is 11.6 Å². The van der Waals surface area contributed by atoms with Gasteiger partial charge in [-0.3, -0.25) is 9.55 Å². The zero-order valence-electron chi connectivity index (χ0n) is 22.7. The molecular formula is C34H27FN4O. The fraction of sp³-hybridized carbons (Fsp3) is 0.147. The highest BCUT2D eigenvalue weighted by Crippen LogP contribution is 2.39. The van der Waals surface area contributed by atoms with Gasteiger partial charge >= 0.3 is 0 Å². The average Bonchev–Trinajstić information content (AvgIpc) is 3.27. The molecule has 6 aromatic rings. The standard InChI is InChI=1S/C34H27FN4O/c1-21-12-14-37-27(16-21)22-17-28(36-5)33(35)31(18-22)40-24-10-11-26-25-8-6-7-9-29(25)39(30(26)20-24)32-19-23(13-15-38-32)34(2,3)4/h6-20H,1-4H3. The van der Waals surface area contributed by atoms with Crippen LogP contribution in [0.2, 0.25) is 0 Å². The van der Waals surface area contributed by atoms with Crippen LogP contribution >= 0.6 is 0 Å². The molecule has 0 bridgehead atoms. The van der Waals surface area contributed by atoms with Crippen LogP contribution in [0.4, 0.5) is 10.1 Å². The summed E-state index contributed by atoms with van der Waals surface area (Å²) >= 11 is 0. The third-order valence-corrected chi connectivity index (χ3v) is 7.07. The minimum atomic E-state index is -0.702. The van der Waals surface area contributed by atoms with Crippen LogP contribution in [0.15, 0.2) is 91.3 Å². The number of benzene rings is 3. The molecule has 0 atom stereocenters. The summed E-state index contributed by atoms with van der Waals surface area (Å²) in [7, 11) is 0. The number of ether oxygens (including phenoxy) is 1. The smallest absolute Gasteiger partial charge is 0.226 e. The van der Waals surface area contributed by atoms with Gasteiger partial charge in [-0.1, -0.05) is 39.0 Å². The molecule has 0 saturated carbocycles. The highest BCUT2D eigenvalue weighted by molar-refractivity contribution is 6.09. The summed E-state index contributed by atoms with van der Waals surface area (Å²) in [6.07, 6.45) is 3.53. The molecule has 5 nitrogen and oxygen atoms in total. The second-order valence-corrected chi connectivity index (χ2v) is 10.9. The molecule has 0 unspecified atom stereocenters. The van der Waals surface area contributed by atoms with Crippen LogP contribution < -0.4 is 4.74 Å². The highest BCUT2D eigenvalue weighted by atomic mass is 19.1. The summed E-state index contributed by atoms with van der Waals surface area (Å²) < 4.78 is 23.6. The van der Waals surface area contributed by atoms with Crippen molar-refractivity contribution in [1.82, 2.24) is 14.5 Å². The third-order valence-electron chi connectivity index (χ3n) is 7.07. The number of halogens is 1. The van der Waals surface area contributed by atoms with Crippen molar-refractivity contribution in [2.24, 2.45) is 0 Å². The Morgan fingerprint density at radius 2 is 1.62 bits per heavy atom. The van der Waals surface area contributed by atoms with E-state index in [4.69, 9.17) is 16.3 Å². The molecule has 40 heavy (non-hydrogen) atoms. The van der Waals surface area contributed by atoms with Crippen LogP contribution in [0.25, 0.3) is 43.7 Å². The number of hydrogen-bond donors (Lipinski definition) is 0. The van der Waals surface area contributed by atoms with Crippen LogP contribution in [0, 0.1) is 19.3 Å². The first-order valence-corrected chi connectivity index (χ1v) is 13.0. The Kier molecular flexibility index (Phi) is 6.08. The lowest BCUT2D eigenvalue weighted by Gasteiger charge is -2.20. The third kappa shape index (κ3) is 4.46. The molecule has 3 heterocycles. The number of para-hydroxylation sites is 1. The Hall–Kier alpha value is -5.02. The first kappa shape index (κ1) is 25.3. The number of aryl methyl sites for hydroxylation is 1. The molecular weight excluding hydrogens is 499 g/mol. The number of nitrogens with zero attached hydrogens (tertiary/aromatic N) is 4. The molecule has 0 N–H and O–H groups in total. The van der Waals surface area contributed by atoms with E-state index in [2.05, 4.69) is 53.4 Å². The molecule has 6 rings (SSSR count). The predicted octanol–water partition coefficient (Wildman–Crippen LogP) is 9.33. The van der Waals surface area contributed by atoms with Gasteiger partial charge in [-0.15, -0.1) is 0 Å². The monoisotopic (exact) mass is 526 g/mol. The van der Waals surface area contributed by atoms with Crippen molar-refractivity contribution >= 4 is 27.5 Å². The zero-order chi connectivity index (χ0) is 28.0. The van der Waals surface area contributed by atoms with Crippen LogP contribution in [0.3, 0.4) is 0 Å². The maximum Gasteiger partial charge on any atom is 0.226 e. The van der Waals surface area contributed by atoms with Crippen molar-refractivity contribution in [1.29, 1.82) is 0 Å². The predicted molar refractivity (Wildman–Crippen MR) is 158 cm³/mol. The highest BCUT2D eigenvalue weighted by Gasteiger charge is 2.19. The normalized spacial score (nSPS) is 11.6. The molecule has 0 radical (unpaired) electrons. The lowest BCUT2D eigenvalue weighted by Crippen LogP contribution is -2.12. The van der Waals surface area contributed by atoms with Crippen molar-refractivity contribution in [2.75, 3.05) is 0 Å². The first-order chi connectivity index (χ1) is 19.2. The fourth-order valence-corrected chi connectivity index (χ4v) is 4.98. The van der Waals surface area contributed by atoms with E-state index in [-0.39, 0.29) is 16.9 Å². The quantitative estimate of drug-likeness (QED) is 0.215. The van der Waals surface area contributed by atoms with Crippen molar-refractivity contribution in [3.63, 3.8) is 0 Å². The Morgan fingerprint density at radius 3 is 2.40 bits per heavy atom. The maximum absolute atomic E-state index is 15.3. The van der Waals surface area contributed by atoms with E-state index >= 15 is 4.39 Å². The zero-order valence-corrected chi connectivity index (χ0v) is 22.7. The summed E-state index contributed by atoms with van der Waals surface area (Å²) in [6.45, 7) is 16.0. The van der Waals surface area contributed by atoms with Gasteiger partial charge in [-0.25, -0.2) is 14.2 Å². The van der Waals surface area contributed by atoms with Gasteiger partial charge in [0, 0.05) is 29.2 Å². The number of rotatable bonds is 4. The molecule has 6 heteroatoms. The van der Waals surface area contributed by atoms with Crippen molar-refractivity contribution in [3.8, 4) is 28.6 Å².